The second kappa shape index (κ2) is 8.40. The van der Waals surface area contributed by atoms with Crippen LogP contribution in [0.4, 0.5) is 5.69 Å². The molecule has 3 aromatic rings. The van der Waals surface area contributed by atoms with Crippen molar-refractivity contribution in [2.24, 2.45) is 0 Å². The van der Waals surface area contributed by atoms with E-state index in [0.29, 0.717) is 29.8 Å². The third kappa shape index (κ3) is 4.08. The lowest BCUT2D eigenvalue weighted by Gasteiger charge is -2.23. The summed E-state index contributed by atoms with van der Waals surface area (Å²) in [6.07, 6.45) is 0.365. The standard InChI is InChI=1S/C26H24BrNO3/c1-17-8-10-21(18(2)14-17)24(29)16-26(31)22-15-20(27)9-11-23(22)28(25(26)30)13-12-19-6-4-3-5-7-19/h3-11,14-15,31H,12-13,16H2,1-2H3/t26-/m1/s1. The molecule has 0 bridgehead atoms. The molecule has 0 saturated heterocycles. The van der Waals surface area contributed by atoms with E-state index >= 15 is 0 Å². The van der Waals surface area contributed by atoms with E-state index in [1.165, 1.54) is 0 Å². The third-order valence-corrected chi connectivity index (χ3v) is 6.35. The number of carbonyl (C=O) groups excluding carboxylic acids is 2. The van der Waals surface area contributed by atoms with E-state index in [9.17, 15) is 14.7 Å². The zero-order valence-electron chi connectivity index (χ0n) is 17.6. The highest BCUT2D eigenvalue weighted by Gasteiger charge is 2.51. The highest BCUT2D eigenvalue weighted by Crippen LogP contribution is 2.44. The molecule has 0 unspecified atom stereocenters. The van der Waals surface area contributed by atoms with Crippen molar-refractivity contribution in [3.63, 3.8) is 0 Å². The fourth-order valence-electron chi connectivity index (χ4n) is 4.26. The summed E-state index contributed by atoms with van der Waals surface area (Å²) < 4.78 is 0.751. The summed E-state index contributed by atoms with van der Waals surface area (Å²) in [5, 5.41) is 11.5. The molecular weight excluding hydrogens is 454 g/mol. The Hall–Kier alpha value is -2.76. The second-order valence-corrected chi connectivity index (χ2v) is 9.05. The SMILES string of the molecule is Cc1ccc(C(=O)C[C@]2(O)C(=O)N(CCc3ccccc3)c3ccc(Br)cc32)c(C)c1. The number of carbonyl (C=O) groups is 2. The summed E-state index contributed by atoms with van der Waals surface area (Å²) in [6.45, 7) is 4.27. The number of fused-ring (bicyclic) bond motifs is 1. The van der Waals surface area contributed by atoms with Gasteiger partial charge in [0.15, 0.2) is 11.4 Å². The first-order valence-corrected chi connectivity index (χ1v) is 11.1. The van der Waals surface area contributed by atoms with Gasteiger partial charge in [-0.3, -0.25) is 9.59 Å². The van der Waals surface area contributed by atoms with Crippen LogP contribution >= 0.6 is 15.9 Å². The zero-order chi connectivity index (χ0) is 22.2. The molecule has 4 nitrogen and oxygen atoms in total. The van der Waals surface area contributed by atoms with E-state index in [1.54, 1.807) is 17.0 Å². The van der Waals surface area contributed by atoms with Crippen molar-refractivity contribution >= 4 is 33.3 Å². The lowest BCUT2D eigenvalue weighted by Crippen LogP contribution is -2.42. The van der Waals surface area contributed by atoms with Gasteiger partial charge in [0.1, 0.15) is 0 Å². The van der Waals surface area contributed by atoms with Crippen molar-refractivity contribution in [1.82, 2.24) is 0 Å². The molecule has 0 spiro atoms. The third-order valence-electron chi connectivity index (χ3n) is 5.86. The summed E-state index contributed by atoms with van der Waals surface area (Å²) in [4.78, 5) is 28.2. The average Bonchev–Trinajstić information content (AvgIpc) is 2.93. The fraction of sp³-hybridized carbons (Fsp3) is 0.231. The number of benzene rings is 3. The maximum absolute atomic E-state index is 13.4. The molecule has 1 aliphatic rings. The van der Waals surface area contributed by atoms with Crippen LogP contribution in [0.1, 0.15) is 39.0 Å². The number of hydrogen-bond donors (Lipinski definition) is 1. The number of rotatable bonds is 6. The average molecular weight is 478 g/mol. The summed E-state index contributed by atoms with van der Waals surface area (Å²) >= 11 is 3.44. The molecule has 1 N–H and O–H groups in total. The molecule has 0 saturated carbocycles. The van der Waals surface area contributed by atoms with E-state index in [4.69, 9.17) is 0 Å². The van der Waals surface area contributed by atoms with Gasteiger partial charge in [-0.2, -0.15) is 0 Å². The van der Waals surface area contributed by atoms with Crippen molar-refractivity contribution in [1.29, 1.82) is 0 Å². The highest BCUT2D eigenvalue weighted by atomic mass is 79.9. The first kappa shape index (κ1) is 21.5. The van der Waals surface area contributed by atoms with Gasteiger partial charge in [0.05, 0.1) is 12.1 Å². The van der Waals surface area contributed by atoms with Crippen LogP contribution in [0.3, 0.4) is 0 Å². The van der Waals surface area contributed by atoms with Crippen molar-refractivity contribution in [3.05, 3.63) is 99.0 Å². The Morgan fingerprint density at radius 1 is 1.03 bits per heavy atom. The Morgan fingerprint density at radius 2 is 1.77 bits per heavy atom. The molecule has 1 aliphatic heterocycles. The van der Waals surface area contributed by atoms with Crippen molar-refractivity contribution in [2.75, 3.05) is 11.4 Å². The van der Waals surface area contributed by atoms with Gasteiger partial charge in [-0.25, -0.2) is 0 Å². The van der Waals surface area contributed by atoms with Gasteiger partial charge in [0.25, 0.3) is 5.91 Å². The van der Waals surface area contributed by atoms with Gasteiger partial charge < -0.3 is 10.0 Å². The molecule has 0 aromatic heterocycles. The van der Waals surface area contributed by atoms with Crippen LogP contribution < -0.4 is 4.90 Å². The number of Topliss-reactive ketones (excluding diaryl/α,β-unsaturated/α-hetero) is 1. The van der Waals surface area contributed by atoms with Gasteiger partial charge in [0.2, 0.25) is 0 Å². The number of hydrogen-bond acceptors (Lipinski definition) is 3. The molecule has 3 aromatic carbocycles. The smallest absolute Gasteiger partial charge is 0.264 e. The minimum atomic E-state index is -1.88. The number of ketones is 1. The fourth-order valence-corrected chi connectivity index (χ4v) is 4.62. The Labute approximate surface area is 190 Å². The Morgan fingerprint density at radius 3 is 2.48 bits per heavy atom. The van der Waals surface area contributed by atoms with Crippen LogP contribution in [0, 0.1) is 13.8 Å². The minimum Gasteiger partial charge on any atom is -0.375 e. The lowest BCUT2D eigenvalue weighted by atomic mass is 9.87. The molecule has 1 atom stereocenters. The first-order chi connectivity index (χ1) is 14.8. The highest BCUT2D eigenvalue weighted by molar-refractivity contribution is 9.10. The van der Waals surface area contributed by atoms with E-state index in [1.807, 2.05) is 68.4 Å². The predicted molar refractivity (Wildman–Crippen MR) is 125 cm³/mol. The number of nitrogens with zero attached hydrogens (tertiary/aromatic N) is 1. The van der Waals surface area contributed by atoms with E-state index < -0.39 is 11.5 Å². The van der Waals surface area contributed by atoms with Crippen LogP contribution in [0.25, 0.3) is 0 Å². The molecule has 5 heteroatoms. The molecule has 0 aliphatic carbocycles. The van der Waals surface area contributed by atoms with Gasteiger partial charge in [-0.15, -0.1) is 0 Å². The Bertz CT molecular complexity index is 1160. The van der Waals surface area contributed by atoms with Gasteiger partial charge in [0, 0.05) is 22.1 Å². The number of anilines is 1. The number of halogens is 1. The summed E-state index contributed by atoms with van der Waals surface area (Å²) in [6, 6.07) is 20.9. The number of amides is 1. The van der Waals surface area contributed by atoms with Crippen LogP contribution in [0.2, 0.25) is 0 Å². The lowest BCUT2D eigenvalue weighted by molar-refractivity contribution is -0.135. The molecule has 4 rings (SSSR count). The van der Waals surface area contributed by atoms with Gasteiger partial charge >= 0.3 is 0 Å². The summed E-state index contributed by atoms with van der Waals surface area (Å²) in [5.74, 6) is -0.696. The Kier molecular flexibility index (Phi) is 5.82. The second-order valence-electron chi connectivity index (χ2n) is 8.13. The molecule has 1 heterocycles. The molecule has 0 fully saturated rings. The quantitative estimate of drug-likeness (QED) is 0.501. The monoisotopic (exact) mass is 477 g/mol. The summed E-state index contributed by atoms with van der Waals surface area (Å²) in [5.41, 5.74) is 2.78. The molecule has 158 valence electrons. The van der Waals surface area contributed by atoms with Crippen molar-refractivity contribution in [2.45, 2.75) is 32.3 Å². The number of aryl methyl sites for hydroxylation is 2. The van der Waals surface area contributed by atoms with E-state index in [-0.39, 0.29) is 12.2 Å². The molecule has 31 heavy (non-hydrogen) atoms. The molecular formula is C26H24BrNO3. The van der Waals surface area contributed by atoms with Crippen LogP contribution in [-0.2, 0) is 16.8 Å². The van der Waals surface area contributed by atoms with E-state index in [2.05, 4.69) is 15.9 Å². The van der Waals surface area contributed by atoms with Crippen molar-refractivity contribution < 1.29 is 14.7 Å². The largest absolute Gasteiger partial charge is 0.375 e. The normalized spacial score (nSPS) is 17.7. The summed E-state index contributed by atoms with van der Waals surface area (Å²) in [7, 11) is 0. The number of aliphatic hydroxyl groups is 1. The van der Waals surface area contributed by atoms with E-state index in [0.717, 1.165) is 21.2 Å². The molecule has 0 radical (unpaired) electrons. The van der Waals surface area contributed by atoms with Crippen LogP contribution in [0.15, 0.2) is 71.2 Å². The minimum absolute atomic E-state index is 0.246. The maximum atomic E-state index is 13.4. The molecule has 1 amide bonds. The topological polar surface area (TPSA) is 57.6 Å². The van der Waals surface area contributed by atoms with Crippen molar-refractivity contribution in [3.8, 4) is 0 Å². The van der Waals surface area contributed by atoms with Gasteiger partial charge in [-0.05, 0) is 49.6 Å². The maximum Gasteiger partial charge on any atom is 0.264 e. The predicted octanol–water partition coefficient (Wildman–Crippen LogP) is 5.12. The van der Waals surface area contributed by atoms with Crippen LogP contribution in [-0.4, -0.2) is 23.3 Å². The van der Waals surface area contributed by atoms with Gasteiger partial charge in [-0.1, -0.05) is 70.0 Å². The first-order valence-electron chi connectivity index (χ1n) is 10.3. The Balaban J connectivity index is 1.66. The zero-order valence-corrected chi connectivity index (χ0v) is 19.1. The van der Waals surface area contributed by atoms with Crippen LogP contribution in [0.5, 0.6) is 0 Å².